The maximum Gasteiger partial charge on any atom is 0.253 e. The molecule has 6 nitrogen and oxygen atoms in total. The molecule has 2 aliphatic rings. The van der Waals surface area contributed by atoms with Gasteiger partial charge in [-0.05, 0) is 37.8 Å². The van der Waals surface area contributed by atoms with Gasteiger partial charge in [0.25, 0.3) is 5.91 Å². The molecule has 0 saturated carbocycles. The van der Waals surface area contributed by atoms with Gasteiger partial charge >= 0.3 is 0 Å². The minimum atomic E-state index is -0.0814. The van der Waals surface area contributed by atoms with Crippen LogP contribution in [-0.4, -0.2) is 65.4 Å². The Bertz CT molecular complexity index is 905. The number of carbonyl (C=O) groups excluding carboxylic acids is 2. The number of piperidine rings is 1. The minimum Gasteiger partial charge on any atom is -0.349 e. The molecule has 2 saturated heterocycles. The number of hydrogen-bond donors (Lipinski definition) is 1. The van der Waals surface area contributed by atoms with Gasteiger partial charge in [-0.15, -0.1) is 0 Å². The third-order valence-corrected chi connectivity index (χ3v) is 6.06. The molecule has 0 spiro atoms. The van der Waals surface area contributed by atoms with E-state index in [0.717, 1.165) is 50.0 Å². The molecule has 0 aliphatic carbocycles. The summed E-state index contributed by atoms with van der Waals surface area (Å²) in [4.78, 5) is 33.4. The van der Waals surface area contributed by atoms with Crippen molar-refractivity contribution >= 4 is 11.8 Å². The van der Waals surface area contributed by atoms with Crippen LogP contribution in [-0.2, 0) is 4.79 Å². The number of nitrogens with one attached hydrogen (secondary N) is 1. The van der Waals surface area contributed by atoms with Crippen LogP contribution in [0.25, 0.3) is 11.1 Å². The lowest BCUT2D eigenvalue weighted by atomic mass is 10.0. The first-order valence-electron chi connectivity index (χ1n) is 10.3. The second kappa shape index (κ2) is 8.33. The third kappa shape index (κ3) is 4.32. The van der Waals surface area contributed by atoms with Crippen molar-refractivity contribution in [3.05, 3.63) is 53.9 Å². The number of amides is 2. The van der Waals surface area contributed by atoms with Crippen LogP contribution >= 0.6 is 0 Å². The molecule has 0 radical (unpaired) electrons. The van der Waals surface area contributed by atoms with Crippen molar-refractivity contribution in [1.82, 2.24) is 20.1 Å². The molecule has 29 heavy (non-hydrogen) atoms. The standard InChI is InChI=1S/C23H28N4O2/c1-16-4-3-5-17(12-16)18-13-19(15-24-14-18)22(28)25-20-6-10-27(11-7-20)21-8-9-26(2)23(21)29/h3-5,12-15,20-21H,6-11H2,1-2H3,(H,25,28). The van der Waals surface area contributed by atoms with Crippen LogP contribution in [0.3, 0.4) is 0 Å². The number of likely N-dealkylation sites (tertiary alicyclic amines) is 2. The molecule has 2 fully saturated rings. The Morgan fingerprint density at radius 1 is 1.07 bits per heavy atom. The van der Waals surface area contributed by atoms with Crippen LogP contribution < -0.4 is 5.32 Å². The summed E-state index contributed by atoms with van der Waals surface area (Å²) >= 11 is 0. The van der Waals surface area contributed by atoms with Gasteiger partial charge < -0.3 is 10.2 Å². The topological polar surface area (TPSA) is 65.5 Å². The second-order valence-electron chi connectivity index (χ2n) is 8.18. The smallest absolute Gasteiger partial charge is 0.253 e. The van der Waals surface area contributed by atoms with Gasteiger partial charge in [0.1, 0.15) is 0 Å². The van der Waals surface area contributed by atoms with Crippen molar-refractivity contribution in [3.8, 4) is 11.1 Å². The number of carbonyl (C=O) groups is 2. The molecular weight excluding hydrogens is 364 g/mol. The van der Waals surface area contributed by atoms with Crippen LogP contribution in [0.5, 0.6) is 0 Å². The van der Waals surface area contributed by atoms with E-state index < -0.39 is 0 Å². The van der Waals surface area contributed by atoms with E-state index in [9.17, 15) is 9.59 Å². The number of nitrogens with zero attached hydrogens (tertiary/aromatic N) is 3. The number of aromatic nitrogens is 1. The molecule has 3 heterocycles. The van der Waals surface area contributed by atoms with Crippen molar-refractivity contribution in [3.63, 3.8) is 0 Å². The van der Waals surface area contributed by atoms with Crippen molar-refractivity contribution in [1.29, 1.82) is 0 Å². The van der Waals surface area contributed by atoms with Gasteiger partial charge in [-0.2, -0.15) is 0 Å². The normalized spacial score (nSPS) is 20.8. The second-order valence-corrected chi connectivity index (χ2v) is 8.18. The summed E-state index contributed by atoms with van der Waals surface area (Å²) in [7, 11) is 1.87. The van der Waals surface area contributed by atoms with Gasteiger partial charge in [-0.1, -0.05) is 29.8 Å². The van der Waals surface area contributed by atoms with Crippen molar-refractivity contribution in [2.24, 2.45) is 0 Å². The fraction of sp³-hybridized carbons (Fsp3) is 0.435. The number of aryl methyl sites for hydroxylation is 1. The van der Waals surface area contributed by atoms with Gasteiger partial charge in [0, 0.05) is 50.7 Å². The molecule has 2 aliphatic heterocycles. The van der Waals surface area contributed by atoms with Gasteiger partial charge in [0.15, 0.2) is 0 Å². The molecule has 1 aromatic carbocycles. The molecule has 2 aromatic rings. The monoisotopic (exact) mass is 392 g/mol. The molecule has 2 amide bonds. The Morgan fingerprint density at radius 3 is 2.55 bits per heavy atom. The maximum atomic E-state index is 12.8. The molecule has 4 rings (SSSR count). The average molecular weight is 393 g/mol. The van der Waals surface area contributed by atoms with Crippen LogP contribution in [0.15, 0.2) is 42.7 Å². The maximum absolute atomic E-state index is 12.8. The van der Waals surface area contributed by atoms with Crippen LogP contribution in [0.1, 0.15) is 35.2 Å². The summed E-state index contributed by atoms with van der Waals surface area (Å²) in [6.45, 7) is 4.58. The van der Waals surface area contributed by atoms with E-state index >= 15 is 0 Å². The van der Waals surface area contributed by atoms with Crippen LogP contribution in [0, 0.1) is 6.92 Å². The molecule has 1 N–H and O–H groups in total. The molecule has 6 heteroatoms. The first kappa shape index (κ1) is 19.6. The number of benzene rings is 1. The van der Waals surface area contributed by atoms with Gasteiger partial charge in [-0.25, -0.2) is 0 Å². The molecule has 1 atom stereocenters. The first-order valence-corrected chi connectivity index (χ1v) is 10.3. The number of hydrogen-bond acceptors (Lipinski definition) is 4. The fourth-order valence-electron chi connectivity index (χ4n) is 4.31. The number of rotatable bonds is 4. The van der Waals surface area contributed by atoms with Gasteiger partial charge in [0.05, 0.1) is 11.6 Å². The first-order chi connectivity index (χ1) is 14.0. The molecule has 152 valence electrons. The summed E-state index contributed by atoms with van der Waals surface area (Å²) in [5.41, 5.74) is 3.77. The highest BCUT2D eigenvalue weighted by atomic mass is 16.2. The Kier molecular flexibility index (Phi) is 5.62. The largest absolute Gasteiger partial charge is 0.349 e. The lowest BCUT2D eigenvalue weighted by molar-refractivity contribution is -0.131. The third-order valence-electron chi connectivity index (χ3n) is 6.06. The molecule has 1 unspecified atom stereocenters. The van der Waals surface area contributed by atoms with Crippen LogP contribution in [0.2, 0.25) is 0 Å². The Morgan fingerprint density at radius 2 is 1.86 bits per heavy atom. The van der Waals surface area contributed by atoms with E-state index in [2.05, 4.69) is 34.3 Å². The van der Waals surface area contributed by atoms with Crippen LogP contribution in [0.4, 0.5) is 0 Å². The van der Waals surface area contributed by atoms with Crippen molar-refractivity contribution in [2.45, 2.75) is 38.3 Å². The van der Waals surface area contributed by atoms with E-state index in [0.29, 0.717) is 5.56 Å². The summed E-state index contributed by atoms with van der Waals surface area (Å²) in [5, 5.41) is 3.16. The van der Waals surface area contributed by atoms with E-state index in [1.807, 2.05) is 30.1 Å². The van der Waals surface area contributed by atoms with Crippen molar-refractivity contribution in [2.75, 3.05) is 26.7 Å². The summed E-state index contributed by atoms with van der Waals surface area (Å²) < 4.78 is 0. The zero-order chi connectivity index (χ0) is 20.4. The van der Waals surface area contributed by atoms with Crippen molar-refractivity contribution < 1.29 is 9.59 Å². The fourth-order valence-corrected chi connectivity index (χ4v) is 4.31. The van der Waals surface area contributed by atoms with E-state index in [1.165, 1.54) is 5.56 Å². The van der Waals surface area contributed by atoms with E-state index in [-0.39, 0.29) is 23.9 Å². The predicted molar refractivity (Wildman–Crippen MR) is 113 cm³/mol. The quantitative estimate of drug-likeness (QED) is 0.868. The van der Waals surface area contributed by atoms with Gasteiger partial charge in [-0.3, -0.25) is 19.5 Å². The SMILES string of the molecule is Cc1cccc(-c2cncc(C(=O)NC3CCN(C4CCN(C)C4=O)CC3)c2)c1. The minimum absolute atomic E-state index is 0.0202. The Hall–Kier alpha value is -2.73. The lowest BCUT2D eigenvalue weighted by Crippen LogP contribution is -2.50. The highest BCUT2D eigenvalue weighted by molar-refractivity contribution is 5.95. The molecule has 1 aromatic heterocycles. The highest BCUT2D eigenvalue weighted by Gasteiger charge is 2.35. The Labute approximate surface area is 171 Å². The lowest BCUT2D eigenvalue weighted by Gasteiger charge is -2.35. The predicted octanol–water partition coefficient (Wildman–Crippen LogP) is 2.48. The summed E-state index contributed by atoms with van der Waals surface area (Å²) in [6, 6.07) is 10.2. The zero-order valence-corrected chi connectivity index (χ0v) is 17.1. The van der Waals surface area contributed by atoms with E-state index in [4.69, 9.17) is 0 Å². The number of likely N-dealkylation sites (N-methyl/N-ethyl adjacent to an activating group) is 1. The average Bonchev–Trinajstić information content (AvgIpc) is 3.07. The number of pyridine rings is 1. The summed E-state index contributed by atoms with van der Waals surface area (Å²) in [6.07, 6.45) is 6.05. The van der Waals surface area contributed by atoms with Gasteiger partial charge in [0.2, 0.25) is 5.91 Å². The zero-order valence-electron chi connectivity index (χ0n) is 17.1. The van der Waals surface area contributed by atoms with E-state index in [1.54, 1.807) is 12.4 Å². The molecular formula is C23H28N4O2. The highest BCUT2D eigenvalue weighted by Crippen LogP contribution is 2.22. The summed E-state index contributed by atoms with van der Waals surface area (Å²) in [5.74, 6) is 0.147. The molecule has 0 bridgehead atoms. The Balaban J connectivity index is 1.36.